The molecule has 2 N–H and O–H groups in total. The van der Waals surface area contributed by atoms with Gasteiger partial charge in [0.05, 0.1) is 22.6 Å². The maximum Gasteiger partial charge on any atom is 0.416 e. The molecule has 3 aromatic rings. The standard InChI is InChI=1S/C19H13ClF3N3O3/c1-10(24-13-4-2-3-11(9-13)19(21,22)23)15-16(27)25-18(29)26(17(15)28)14-7-5-12(20)6-8-14/h2-9,28H,1H3,(H,25,27,29). The molecule has 150 valence electrons. The summed E-state index contributed by atoms with van der Waals surface area (Å²) in [5, 5.41) is 11.0. The zero-order chi connectivity index (χ0) is 21.3. The van der Waals surface area contributed by atoms with E-state index in [0.717, 1.165) is 16.7 Å². The molecule has 10 heteroatoms. The molecule has 0 saturated carbocycles. The second-order valence-electron chi connectivity index (χ2n) is 6.02. The molecule has 0 fully saturated rings. The third kappa shape index (κ3) is 4.24. The van der Waals surface area contributed by atoms with Gasteiger partial charge in [0, 0.05) is 5.02 Å². The van der Waals surface area contributed by atoms with Crippen LogP contribution in [0.2, 0.25) is 5.02 Å². The number of hydrogen-bond donors (Lipinski definition) is 2. The monoisotopic (exact) mass is 423 g/mol. The Balaban J connectivity index is 2.15. The topological polar surface area (TPSA) is 87.4 Å². The zero-order valence-electron chi connectivity index (χ0n) is 14.8. The predicted octanol–water partition coefficient (Wildman–Crippen LogP) is 4.04. The molecule has 0 spiro atoms. The number of alkyl halides is 3. The summed E-state index contributed by atoms with van der Waals surface area (Å²) in [4.78, 5) is 30.5. The predicted molar refractivity (Wildman–Crippen MR) is 103 cm³/mol. The van der Waals surface area contributed by atoms with Crippen LogP contribution in [0.25, 0.3) is 5.69 Å². The van der Waals surface area contributed by atoms with E-state index in [0.29, 0.717) is 5.02 Å². The van der Waals surface area contributed by atoms with E-state index in [1.165, 1.54) is 43.3 Å². The van der Waals surface area contributed by atoms with E-state index >= 15 is 0 Å². The van der Waals surface area contributed by atoms with Gasteiger partial charge in [0.25, 0.3) is 5.56 Å². The van der Waals surface area contributed by atoms with E-state index in [-0.39, 0.29) is 22.6 Å². The van der Waals surface area contributed by atoms with Crippen LogP contribution in [0.3, 0.4) is 0 Å². The minimum absolute atomic E-state index is 0.0691. The Kier molecular flexibility index (Phi) is 5.34. The summed E-state index contributed by atoms with van der Waals surface area (Å²) in [5.41, 5.74) is -3.00. The molecule has 29 heavy (non-hydrogen) atoms. The van der Waals surface area contributed by atoms with Crippen molar-refractivity contribution in [1.29, 1.82) is 0 Å². The number of aromatic amines is 1. The first kappa shape index (κ1) is 20.4. The average molecular weight is 424 g/mol. The Hall–Kier alpha value is -3.33. The molecule has 1 heterocycles. The smallest absolute Gasteiger partial charge is 0.416 e. The summed E-state index contributed by atoms with van der Waals surface area (Å²) >= 11 is 5.81. The molecule has 0 aliphatic carbocycles. The second-order valence-corrected chi connectivity index (χ2v) is 6.45. The quantitative estimate of drug-likeness (QED) is 0.623. The van der Waals surface area contributed by atoms with Crippen molar-refractivity contribution in [3.8, 4) is 11.6 Å². The van der Waals surface area contributed by atoms with Crippen molar-refractivity contribution < 1.29 is 18.3 Å². The number of aromatic nitrogens is 2. The van der Waals surface area contributed by atoms with Crippen molar-refractivity contribution >= 4 is 23.0 Å². The van der Waals surface area contributed by atoms with Crippen LogP contribution in [-0.4, -0.2) is 20.4 Å². The summed E-state index contributed by atoms with van der Waals surface area (Å²) in [5.74, 6) is -0.700. The number of aromatic hydroxyl groups is 1. The molecule has 0 radical (unpaired) electrons. The minimum atomic E-state index is -4.55. The van der Waals surface area contributed by atoms with E-state index in [1.807, 2.05) is 0 Å². The van der Waals surface area contributed by atoms with Gasteiger partial charge in [-0.3, -0.25) is 14.8 Å². The first-order chi connectivity index (χ1) is 13.6. The molecule has 0 aliphatic heterocycles. The van der Waals surface area contributed by atoms with Crippen molar-refractivity contribution in [2.24, 2.45) is 4.99 Å². The lowest BCUT2D eigenvalue weighted by Gasteiger charge is -2.12. The first-order valence-corrected chi connectivity index (χ1v) is 8.53. The highest BCUT2D eigenvalue weighted by molar-refractivity contribution is 6.30. The van der Waals surface area contributed by atoms with Crippen LogP contribution in [0.4, 0.5) is 18.9 Å². The SMILES string of the molecule is CC(=Nc1cccc(C(F)(F)F)c1)c1c(O)n(-c2ccc(Cl)cc2)c(=O)[nH]c1=O. The Morgan fingerprint density at radius 1 is 1.14 bits per heavy atom. The van der Waals surface area contributed by atoms with Crippen LogP contribution < -0.4 is 11.2 Å². The van der Waals surface area contributed by atoms with E-state index in [9.17, 15) is 27.9 Å². The Bertz CT molecular complexity index is 1210. The largest absolute Gasteiger partial charge is 0.493 e. The summed E-state index contributed by atoms with van der Waals surface area (Å²) < 4.78 is 39.5. The van der Waals surface area contributed by atoms with E-state index in [1.54, 1.807) is 0 Å². The number of aliphatic imine (C=N–C) groups is 1. The van der Waals surface area contributed by atoms with Crippen molar-refractivity contribution in [1.82, 2.24) is 9.55 Å². The molecule has 1 aromatic heterocycles. The molecule has 0 unspecified atom stereocenters. The summed E-state index contributed by atoms with van der Waals surface area (Å²) in [7, 11) is 0. The van der Waals surface area contributed by atoms with Gasteiger partial charge in [-0.1, -0.05) is 17.7 Å². The van der Waals surface area contributed by atoms with Gasteiger partial charge < -0.3 is 5.11 Å². The fraction of sp³-hybridized carbons (Fsp3) is 0.105. The number of nitrogens with zero attached hydrogens (tertiary/aromatic N) is 2. The molecule has 0 bridgehead atoms. The summed E-state index contributed by atoms with van der Waals surface area (Å²) in [6, 6.07) is 10.1. The van der Waals surface area contributed by atoms with Gasteiger partial charge >= 0.3 is 11.9 Å². The maximum atomic E-state index is 12.9. The van der Waals surface area contributed by atoms with Crippen LogP contribution >= 0.6 is 11.6 Å². The van der Waals surface area contributed by atoms with Crippen molar-refractivity contribution in [3.63, 3.8) is 0 Å². The molecule has 3 rings (SSSR count). The lowest BCUT2D eigenvalue weighted by molar-refractivity contribution is -0.137. The van der Waals surface area contributed by atoms with Gasteiger partial charge in [-0.25, -0.2) is 9.36 Å². The molecule has 2 aromatic carbocycles. The normalized spacial score (nSPS) is 12.2. The number of hydrogen-bond acceptors (Lipinski definition) is 4. The van der Waals surface area contributed by atoms with Crippen molar-refractivity contribution in [3.05, 3.63) is 85.5 Å². The number of rotatable bonds is 3. The Labute approximate surface area is 166 Å². The zero-order valence-corrected chi connectivity index (χ0v) is 15.5. The number of halogens is 4. The molecule has 0 amide bonds. The van der Waals surface area contributed by atoms with Gasteiger partial charge in [0.2, 0.25) is 5.88 Å². The van der Waals surface area contributed by atoms with Crippen molar-refractivity contribution in [2.45, 2.75) is 13.1 Å². The fourth-order valence-electron chi connectivity index (χ4n) is 2.68. The van der Waals surface area contributed by atoms with Crippen LogP contribution in [0.1, 0.15) is 18.1 Å². The van der Waals surface area contributed by atoms with Gasteiger partial charge in [0.1, 0.15) is 5.56 Å². The molecular weight excluding hydrogens is 411 g/mol. The van der Waals surface area contributed by atoms with E-state index in [2.05, 4.69) is 9.98 Å². The summed E-state index contributed by atoms with van der Waals surface area (Å²) in [6.07, 6.45) is -4.55. The average Bonchev–Trinajstić information content (AvgIpc) is 2.62. The van der Waals surface area contributed by atoms with Gasteiger partial charge in [-0.15, -0.1) is 0 Å². The van der Waals surface area contributed by atoms with Crippen LogP contribution in [0.5, 0.6) is 5.88 Å². The lowest BCUT2D eigenvalue weighted by atomic mass is 10.1. The van der Waals surface area contributed by atoms with E-state index < -0.39 is 28.9 Å². The van der Waals surface area contributed by atoms with E-state index in [4.69, 9.17) is 11.6 Å². The Morgan fingerprint density at radius 2 is 1.79 bits per heavy atom. The Morgan fingerprint density at radius 3 is 2.41 bits per heavy atom. The van der Waals surface area contributed by atoms with Gasteiger partial charge in [0.15, 0.2) is 0 Å². The van der Waals surface area contributed by atoms with Crippen LogP contribution in [0, 0.1) is 0 Å². The molecule has 0 aliphatic rings. The third-order valence-corrected chi connectivity index (χ3v) is 4.25. The summed E-state index contributed by atoms with van der Waals surface area (Å²) in [6.45, 7) is 1.33. The third-order valence-electron chi connectivity index (χ3n) is 4.00. The highest BCUT2D eigenvalue weighted by Crippen LogP contribution is 2.31. The highest BCUT2D eigenvalue weighted by Gasteiger charge is 2.30. The second kappa shape index (κ2) is 7.59. The minimum Gasteiger partial charge on any atom is -0.493 e. The number of H-pyrrole nitrogens is 1. The number of nitrogens with one attached hydrogen (secondary N) is 1. The first-order valence-electron chi connectivity index (χ1n) is 8.15. The lowest BCUT2D eigenvalue weighted by Crippen LogP contribution is -2.32. The van der Waals surface area contributed by atoms with Crippen LogP contribution in [0.15, 0.2) is 63.1 Å². The van der Waals surface area contributed by atoms with Crippen LogP contribution in [-0.2, 0) is 6.18 Å². The molecular formula is C19H13ClF3N3O3. The van der Waals surface area contributed by atoms with Crippen molar-refractivity contribution in [2.75, 3.05) is 0 Å². The fourth-order valence-corrected chi connectivity index (χ4v) is 2.81. The number of benzene rings is 2. The molecule has 0 atom stereocenters. The molecule has 6 nitrogen and oxygen atoms in total. The van der Waals surface area contributed by atoms with Gasteiger partial charge in [-0.05, 0) is 49.4 Å². The molecule has 0 saturated heterocycles. The van der Waals surface area contributed by atoms with Gasteiger partial charge in [-0.2, -0.15) is 13.2 Å². The maximum absolute atomic E-state index is 12.9. The highest BCUT2D eigenvalue weighted by atomic mass is 35.5.